The van der Waals surface area contributed by atoms with Crippen molar-refractivity contribution in [1.29, 1.82) is 0 Å². The molecule has 1 aromatic carbocycles. The number of hydrogen-bond acceptors (Lipinski definition) is 2. The zero-order valence-corrected chi connectivity index (χ0v) is 8.64. The van der Waals surface area contributed by atoms with Gasteiger partial charge in [-0.2, -0.15) is 0 Å². The third kappa shape index (κ3) is 2.81. The minimum absolute atomic E-state index is 0.254. The number of anilines is 1. The first-order chi connectivity index (χ1) is 6.63. The van der Waals surface area contributed by atoms with E-state index in [4.69, 9.17) is 0 Å². The molecule has 1 rings (SSSR count). The van der Waals surface area contributed by atoms with Gasteiger partial charge in [0.05, 0.1) is 0 Å². The van der Waals surface area contributed by atoms with Crippen LogP contribution in [0.1, 0.15) is 0 Å². The Morgan fingerprint density at radius 1 is 1.43 bits per heavy atom. The molecule has 0 heterocycles. The molecule has 0 bridgehead atoms. The highest BCUT2D eigenvalue weighted by Gasteiger charge is 1.99. The van der Waals surface area contributed by atoms with Gasteiger partial charge in [0.2, 0.25) is 5.91 Å². The first-order valence-corrected chi connectivity index (χ1v) is 5.56. The van der Waals surface area contributed by atoms with Gasteiger partial charge in [0.1, 0.15) is 0 Å². The minimum Gasteiger partial charge on any atom is -0.323 e. The maximum Gasteiger partial charge on any atom is 0.247 e. The Kier molecular flexibility index (Phi) is 3.59. The molecule has 74 valence electrons. The van der Waals surface area contributed by atoms with Crippen LogP contribution < -0.4 is 5.32 Å². The fourth-order valence-electron chi connectivity index (χ4n) is 0.923. The average molecular weight is 209 g/mol. The lowest BCUT2D eigenvalue weighted by Gasteiger charge is -2.02. The SMILES string of the molecule is C=CC(=O)Nc1ccc(S(C)=O)cc1. The Hall–Kier alpha value is -1.42. The Morgan fingerprint density at radius 2 is 2.00 bits per heavy atom. The van der Waals surface area contributed by atoms with Crippen LogP contribution in [-0.4, -0.2) is 16.4 Å². The number of rotatable bonds is 3. The molecule has 0 saturated heterocycles. The van der Waals surface area contributed by atoms with Crippen molar-refractivity contribution in [2.45, 2.75) is 4.90 Å². The number of benzene rings is 1. The van der Waals surface area contributed by atoms with Gasteiger partial charge in [0.25, 0.3) is 0 Å². The number of hydrogen-bond donors (Lipinski definition) is 1. The van der Waals surface area contributed by atoms with Crippen LogP contribution in [0.3, 0.4) is 0 Å². The Morgan fingerprint density at radius 3 is 2.43 bits per heavy atom. The fraction of sp³-hybridized carbons (Fsp3) is 0.100. The molecule has 1 atom stereocenters. The summed E-state index contributed by atoms with van der Waals surface area (Å²) < 4.78 is 11.0. The van der Waals surface area contributed by atoms with E-state index in [9.17, 15) is 9.00 Å². The maximum atomic E-state index is 11.0. The third-order valence-electron chi connectivity index (χ3n) is 1.64. The van der Waals surface area contributed by atoms with Gasteiger partial charge in [-0.15, -0.1) is 0 Å². The number of nitrogens with one attached hydrogen (secondary N) is 1. The smallest absolute Gasteiger partial charge is 0.247 e. The zero-order chi connectivity index (χ0) is 10.6. The lowest BCUT2D eigenvalue weighted by atomic mass is 10.3. The molecule has 4 heteroatoms. The summed E-state index contributed by atoms with van der Waals surface area (Å²) in [5.74, 6) is -0.254. The number of carbonyl (C=O) groups excluding carboxylic acids is 1. The third-order valence-corrected chi connectivity index (χ3v) is 2.58. The van der Waals surface area contributed by atoms with Crippen LogP contribution in [0.4, 0.5) is 5.69 Å². The second-order valence-corrected chi connectivity index (χ2v) is 4.05. The molecule has 0 fully saturated rings. The quantitative estimate of drug-likeness (QED) is 0.768. The average Bonchev–Trinajstić information content (AvgIpc) is 2.18. The Bertz CT molecular complexity index is 370. The summed E-state index contributed by atoms with van der Waals surface area (Å²) in [5.41, 5.74) is 0.670. The van der Waals surface area contributed by atoms with Crippen LogP contribution in [0.15, 0.2) is 41.8 Å². The fourth-order valence-corrected chi connectivity index (χ4v) is 1.44. The first kappa shape index (κ1) is 10.7. The monoisotopic (exact) mass is 209 g/mol. The summed E-state index contributed by atoms with van der Waals surface area (Å²) >= 11 is 0. The summed E-state index contributed by atoms with van der Waals surface area (Å²) in [6, 6.07) is 6.85. The molecule has 0 radical (unpaired) electrons. The molecule has 0 spiro atoms. The molecule has 0 aromatic heterocycles. The molecular weight excluding hydrogens is 198 g/mol. The lowest BCUT2D eigenvalue weighted by molar-refractivity contribution is -0.111. The van der Waals surface area contributed by atoms with E-state index < -0.39 is 10.8 Å². The second kappa shape index (κ2) is 4.72. The van der Waals surface area contributed by atoms with Crippen LogP contribution >= 0.6 is 0 Å². The predicted octanol–water partition coefficient (Wildman–Crippen LogP) is 1.55. The van der Waals surface area contributed by atoms with Crippen molar-refractivity contribution in [2.75, 3.05) is 11.6 Å². The van der Waals surface area contributed by atoms with Crippen LogP contribution in [0.2, 0.25) is 0 Å². The van der Waals surface area contributed by atoms with E-state index >= 15 is 0 Å². The lowest BCUT2D eigenvalue weighted by Crippen LogP contribution is -2.06. The van der Waals surface area contributed by atoms with E-state index in [0.717, 1.165) is 4.90 Å². The van der Waals surface area contributed by atoms with Crippen molar-refractivity contribution in [2.24, 2.45) is 0 Å². The second-order valence-electron chi connectivity index (χ2n) is 2.67. The summed E-state index contributed by atoms with van der Waals surface area (Å²) in [5, 5.41) is 2.60. The summed E-state index contributed by atoms with van der Waals surface area (Å²) in [6.45, 7) is 3.34. The van der Waals surface area contributed by atoms with E-state index in [2.05, 4.69) is 11.9 Å². The highest BCUT2D eigenvalue weighted by molar-refractivity contribution is 7.84. The first-order valence-electron chi connectivity index (χ1n) is 4.00. The minimum atomic E-state index is -0.985. The van der Waals surface area contributed by atoms with E-state index in [1.165, 1.54) is 6.08 Å². The van der Waals surface area contributed by atoms with E-state index in [-0.39, 0.29) is 5.91 Å². The van der Waals surface area contributed by atoms with Crippen molar-refractivity contribution in [3.63, 3.8) is 0 Å². The molecule has 1 N–H and O–H groups in total. The van der Waals surface area contributed by atoms with Gasteiger partial charge in [0, 0.05) is 27.6 Å². The highest BCUT2D eigenvalue weighted by atomic mass is 32.2. The van der Waals surface area contributed by atoms with Crippen LogP contribution in [0.25, 0.3) is 0 Å². The molecule has 0 aliphatic heterocycles. The molecule has 0 aliphatic carbocycles. The molecule has 1 amide bonds. The molecular formula is C10H11NO2S. The van der Waals surface area contributed by atoms with Gasteiger partial charge in [-0.05, 0) is 30.3 Å². The van der Waals surface area contributed by atoms with Crippen LogP contribution in [0.5, 0.6) is 0 Å². The number of carbonyl (C=O) groups is 1. The van der Waals surface area contributed by atoms with Crippen molar-refractivity contribution < 1.29 is 9.00 Å². The highest BCUT2D eigenvalue weighted by Crippen LogP contribution is 2.11. The van der Waals surface area contributed by atoms with E-state index in [1.807, 2.05) is 0 Å². The van der Waals surface area contributed by atoms with Crippen LogP contribution in [-0.2, 0) is 15.6 Å². The van der Waals surface area contributed by atoms with E-state index in [1.54, 1.807) is 30.5 Å². The summed E-state index contributed by atoms with van der Waals surface area (Å²) in [4.78, 5) is 11.6. The van der Waals surface area contributed by atoms with Crippen LogP contribution in [0, 0.1) is 0 Å². The molecule has 1 unspecified atom stereocenters. The van der Waals surface area contributed by atoms with Gasteiger partial charge in [-0.3, -0.25) is 9.00 Å². The van der Waals surface area contributed by atoms with Crippen molar-refractivity contribution in [3.05, 3.63) is 36.9 Å². The zero-order valence-electron chi connectivity index (χ0n) is 7.82. The topological polar surface area (TPSA) is 46.2 Å². The molecule has 0 saturated carbocycles. The van der Waals surface area contributed by atoms with Crippen molar-refractivity contribution in [3.8, 4) is 0 Å². The van der Waals surface area contributed by atoms with Gasteiger partial charge in [0.15, 0.2) is 0 Å². The van der Waals surface area contributed by atoms with Gasteiger partial charge < -0.3 is 5.32 Å². The largest absolute Gasteiger partial charge is 0.323 e. The Balaban J connectivity index is 2.78. The van der Waals surface area contributed by atoms with Crippen molar-refractivity contribution in [1.82, 2.24) is 0 Å². The van der Waals surface area contributed by atoms with Gasteiger partial charge >= 0.3 is 0 Å². The van der Waals surface area contributed by atoms with Crippen molar-refractivity contribution >= 4 is 22.4 Å². The normalized spacial score (nSPS) is 11.8. The van der Waals surface area contributed by atoms with Gasteiger partial charge in [-0.25, -0.2) is 0 Å². The predicted molar refractivity (Wildman–Crippen MR) is 57.6 cm³/mol. The molecule has 0 aliphatic rings. The molecule has 1 aromatic rings. The number of amides is 1. The Labute approximate surface area is 85.3 Å². The van der Waals surface area contributed by atoms with Gasteiger partial charge in [-0.1, -0.05) is 6.58 Å². The maximum absolute atomic E-state index is 11.0. The standard InChI is InChI=1S/C10H11NO2S/c1-3-10(12)11-8-4-6-9(7-5-8)14(2)13/h3-7H,1H2,2H3,(H,11,12). The van der Waals surface area contributed by atoms with E-state index in [0.29, 0.717) is 5.69 Å². The summed E-state index contributed by atoms with van der Waals surface area (Å²) in [7, 11) is -0.985. The molecule has 3 nitrogen and oxygen atoms in total. The summed E-state index contributed by atoms with van der Waals surface area (Å²) in [6.07, 6.45) is 2.81. The molecule has 14 heavy (non-hydrogen) atoms.